The number of amides is 1. The Bertz CT molecular complexity index is 998. The number of ether oxygens (including phenoxy) is 1. The van der Waals surface area contributed by atoms with Gasteiger partial charge in [-0.1, -0.05) is 18.2 Å². The predicted molar refractivity (Wildman–Crippen MR) is 131 cm³/mol. The molecule has 6 rings (SSSR count). The molecule has 2 aromatic rings. The summed E-state index contributed by atoms with van der Waals surface area (Å²) < 4.78 is 6.44. The predicted octanol–water partition coefficient (Wildman–Crippen LogP) is 3.97. The number of nitrogens with one attached hydrogen (secondary N) is 2. The number of rotatable bonds is 8. The average Bonchev–Trinajstić information content (AvgIpc) is 3.23. The first kappa shape index (κ1) is 22.3. The van der Waals surface area contributed by atoms with Crippen molar-refractivity contribution in [3.8, 4) is 11.3 Å². The number of guanidine groups is 1. The molecule has 4 bridgehead atoms. The van der Waals surface area contributed by atoms with E-state index in [0.29, 0.717) is 30.8 Å². The summed E-state index contributed by atoms with van der Waals surface area (Å²) in [6, 6.07) is 7.98. The zero-order valence-corrected chi connectivity index (χ0v) is 20.0. The Morgan fingerprint density at radius 1 is 1.21 bits per heavy atom. The summed E-state index contributed by atoms with van der Waals surface area (Å²) in [5, 5.41) is 8.58. The lowest BCUT2D eigenvalue weighted by Crippen LogP contribution is -2.52. The van der Waals surface area contributed by atoms with Crippen molar-refractivity contribution in [2.24, 2.45) is 28.5 Å². The molecule has 1 amide bonds. The van der Waals surface area contributed by atoms with Gasteiger partial charge in [0.15, 0.2) is 5.96 Å². The van der Waals surface area contributed by atoms with E-state index in [2.05, 4.69) is 20.6 Å². The van der Waals surface area contributed by atoms with E-state index >= 15 is 0 Å². The molecule has 0 unspecified atom stereocenters. The molecule has 4 aliphatic rings. The Morgan fingerprint density at radius 3 is 2.64 bits per heavy atom. The molecule has 1 heterocycles. The lowest BCUT2D eigenvalue weighted by Gasteiger charge is -2.56. The van der Waals surface area contributed by atoms with Crippen molar-refractivity contribution in [2.75, 3.05) is 13.2 Å². The molecule has 4 aliphatic carbocycles. The molecule has 1 aromatic carbocycles. The number of hydrogen-bond acceptors (Lipinski definition) is 5. The molecule has 0 radical (unpaired) electrons. The van der Waals surface area contributed by atoms with Crippen molar-refractivity contribution < 1.29 is 9.53 Å². The first-order valence-corrected chi connectivity index (χ1v) is 12.9. The normalized spacial score (nSPS) is 28.2. The molecule has 0 atom stereocenters. The van der Waals surface area contributed by atoms with Crippen LogP contribution in [-0.4, -0.2) is 35.6 Å². The van der Waals surface area contributed by atoms with Crippen molar-refractivity contribution in [3.63, 3.8) is 0 Å². The van der Waals surface area contributed by atoms with E-state index in [4.69, 9.17) is 10.5 Å². The summed E-state index contributed by atoms with van der Waals surface area (Å²) in [7, 11) is 0. The fourth-order valence-corrected chi connectivity index (χ4v) is 7.02. The van der Waals surface area contributed by atoms with E-state index in [0.717, 1.165) is 34.6 Å². The second-order valence-corrected chi connectivity index (χ2v) is 10.8. The molecule has 176 valence electrons. The Labute approximate surface area is 199 Å². The van der Waals surface area contributed by atoms with Gasteiger partial charge in [-0.25, -0.2) is 4.98 Å². The van der Waals surface area contributed by atoms with Crippen LogP contribution in [0.5, 0.6) is 0 Å². The van der Waals surface area contributed by atoms with Gasteiger partial charge in [0.25, 0.3) is 0 Å². The molecule has 0 saturated heterocycles. The fourth-order valence-electron chi connectivity index (χ4n) is 6.31. The lowest BCUT2D eigenvalue weighted by atomic mass is 9.54. The molecular formula is C25H33N5O2S. The maximum atomic E-state index is 11.2. The van der Waals surface area contributed by atoms with Crippen LogP contribution in [0.15, 0.2) is 34.6 Å². The third kappa shape index (κ3) is 5.38. The first-order chi connectivity index (χ1) is 16.0. The van der Waals surface area contributed by atoms with Gasteiger partial charge in [-0.3, -0.25) is 4.79 Å². The number of nitrogens with two attached hydrogens (primary N) is 1. The number of aromatic nitrogens is 1. The number of carbonyl (C=O) groups is 1. The monoisotopic (exact) mass is 467 g/mol. The molecule has 33 heavy (non-hydrogen) atoms. The molecule has 4 fully saturated rings. The highest BCUT2D eigenvalue weighted by molar-refractivity contribution is 7.13. The van der Waals surface area contributed by atoms with Crippen LogP contribution in [0.2, 0.25) is 0 Å². The smallest absolute Gasteiger partial charge is 0.217 e. The van der Waals surface area contributed by atoms with Crippen molar-refractivity contribution >= 4 is 28.3 Å². The van der Waals surface area contributed by atoms with Crippen LogP contribution in [0.3, 0.4) is 0 Å². The molecule has 4 N–H and O–H groups in total. The van der Waals surface area contributed by atoms with Crippen LogP contribution in [0.1, 0.15) is 51.0 Å². The summed E-state index contributed by atoms with van der Waals surface area (Å²) in [5.41, 5.74) is 9.10. The van der Waals surface area contributed by atoms with Crippen molar-refractivity contribution in [1.29, 1.82) is 0 Å². The average molecular weight is 468 g/mol. The van der Waals surface area contributed by atoms with Crippen LogP contribution in [0.4, 0.5) is 5.13 Å². The Kier molecular flexibility index (Phi) is 6.38. The van der Waals surface area contributed by atoms with Crippen molar-refractivity contribution in [2.45, 2.75) is 57.6 Å². The van der Waals surface area contributed by atoms with E-state index in [1.807, 2.05) is 29.6 Å². The highest BCUT2D eigenvalue weighted by Crippen LogP contribution is 2.57. The quantitative estimate of drug-likeness (QED) is 0.310. The second-order valence-electron chi connectivity index (χ2n) is 10.00. The summed E-state index contributed by atoms with van der Waals surface area (Å²) >= 11 is 1.46. The van der Waals surface area contributed by atoms with Crippen LogP contribution >= 0.6 is 11.3 Å². The third-order valence-electron chi connectivity index (χ3n) is 7.27. The van der Waals surface area contributed by atoms with Gasteiger partial charge in [0.05, 0.1) is 17.9 Å². The van der Waals surface area contributed by atoms with Gasteiger partial charge in [-0.2, -0.15) is 4.99 Å². The Balaban J connectivity index is 1.12. The van der Waals surface area contributed by atoms with E-state index < -0.39 is 0 Å². The maximum absolute atomic E-state index is 11.2. The highest BCUT2D eigenvalue weighted by atomic mass is 32.1. The van der Waals surface area contributed by atoms with E-state index in [1.54, 1.807) is 0 Å². The zero-order chi connectivity index (χ0) is 22.8. The number of thiazole rings is 1. The lowest BCUT2D eigenvalue weighted by molar-refractivity contribution is -0.160. The first-order valence-electron chi connectivity index (χ1n) is 12.0. The molecular weight excluding hydrogens is 434 g/mol. The maximum Gasteiger partial charge on any atom is 0.217 e. The van der Waals surface area contributed by atoms with E-state index in [9.17, 15) is 4.79 Å². The van der Waals surface area contributed by atoms with E-state index in [1.165, 1.54) is 56.8 Å². The number of carbonyl (C=O) groups excluding carboxylic acids is 1. The van der Waals surface area contributed by atoms with Gasteiger partial charge in [0.2, 0.25) is 11.0 Å². The van der Waals surface area contributed by atoms with Crippen molar-refractivity contribution in [1.82, 2.24) is 15.6 Å². The van der Waals surface area contributed by atoms with Crippen LogP contribution in [0.25, 0.3) is 11.3 Å². The molecule has 0 aliphatic heterocycles. The number of aliphatic imine (C=N–C) groups is 1. The van der Waals surface area contributed by atoms with Crippen LogP contribution in [-0.2, 0) is 16.1 Å². The minimum atomic E-state index is -0.0444. The fraction of sp³-hybridized carbons (Fsp3) is 0.560. The molecule has 8 heteroatoms. The van der Waals surface area contributed by atoms with Gasteiger partial charge >= 0.3 is 0 Å². The summed E-state index contributed by atoms with van der Waals surface area (Å²) in [6.45, 7) is 3.33. The number of benzene rings is 1. The van der Waals surface area contributed by atoms with Gasteiger partial charge in [0, 0.05) is 31.0 Å². The highest BCUT2D eigenvalue weighted by Gasteiger charge is 2.51. The summed E-state index contributed by atoms with van der Waals surface area (Å²) in [6.07, 6.45) is 8.02. The second kappa shape index (κ2) is 9.43. The van der Waals surface area contributed by atoms with Crippen molar-refractivity contribution in [3.05, 3.63) is 35.2 Å². The minimum Gasteiger partial charge on any atom is -0.373 e. The van der Waals surface area contributed by atoms with Crippen LogP contribution < -0.4 is 16.4 Å². The standard InChI is InChI=1S/C25H33N5O2S/c1-16(31)28-14-17-3-2-4-21(10-17)22-15-33-24(29-22)30-23(26)27-5-6-32-25-11-18-7-19(12-25)9-20(8-18)13-25/h2-4,10,15,18-20H,5-9,11-14H2,1H3,(H,28,31)(H3,26,27,29,30). The minimum absolute atomic E-state index is 0.0444. The van der Waals surface area contributed by atoms with Gasteiger partial charge in [-0.05, 0) is 67.9 Å². The van der Waals surface area contributed by atoms with Gasteiger partial charge < -0.3 is 21.1 Å². The third-order valence-corrected chi connectivity index (χ3v) is 8.01. The number of hydrogen-bond donors (Lipinski definition) is 3. The summed E-state index contributed by atoms with van der Waals surface area (Å²) in [4.78, 5) is 20.2. The van der Waals surface area contributed by atoms with Crippen LogP contribution in [0, 0.1) is 17.8 Å². The largest absolute Gasteiger partial charge is 0.373 e. The molecule has 4 saturated carbocycles. The Morgan fingerprint density at radius 2 is 1.94 bits per heavy atom. The van der Waals surface area contributed by atoms with E-state index in [-0.39, 0.29) is 11.5 Å². The number of nitrogens with zero attached hydrogens (tertiary/aromatic N) is 2. The molecule has 7 nitrogen and oxygen atoms in total. The topological polar surface area (TPSA) is 102 Å². The molecule has 1 aromatic heterocycles. The van der Waals surface area contributed by atoms with Gasteiger partial charge in [-0.15, -0.1) is 11.3 Å². The SMILES string of the molecule is CC(=O)NCc1cccc(-c2csc(N=C(N)NCCOC34CC5CC(CC(C5)C3)C4)n2)c1. The summed E-state index contributed by atoms with van der Waals surface area (Å²) in [5.74, 6) is 2.99. The Hall–Kier alpha value is -2.45. The zero-order valence-electron chi connectivity index (χ0n) is 19.2. The molecule has 0 spiro atoms. The van der Waals surface area contributed by atoms with Gasteiger partial charge in [0.1, 0.15) is 0 Å².